The fourth-order valence-corrected chi connectivity index (χ4v) is 3.38. The fraction of sp³-hybridized carbons (Fsp3) is 0.0909. The maximum absolute atomic E-state index is 12.2. The van der Waals surface area contributed by atoms with Crippen molar-refractivity contribution in [3.05, 3.63) is 91.4 Å². The molecule has 31 heavy (non-hydrogen) atoms. The van der Waals surface area contributed by atoms with Gasteiger partial charge in [0.25, 0.3) is 5.91 Å². The molecule has 0 aliphatic heterocycles. The Morgan fingerprint density at radius 2 is 1.68 bits per heavy atom. The van der Waals surface area contributed by atoms with E-state index in [4.69, 9.17) is 55.9 Å². The number of amides is 1. The van der Waals surface area contributed by atoms with Crippen molar-refractivity contribution < 1.29 is 14.3 Å². The van der Waals surface area contributed by atoms with Crippen LogP contribution in [0.5, 0.6) is 11.5 Å². The topological polar surface area (TPSA) is 59.9 Å². The highest BCUT2D eigenvalue weighted by atomic mass is 35.5. The third-order valence-corrected chi connectivity index (χ3v) is 5.63. The van der Waals surface area contributed by atoms with Gasteiger partial charge in [-0.1, -0.05) is 52.5 Å². The molecule has 3 aromatic carbocycles. The second-order valence-corrected chi connectivity index (χ2v) is 7.86. The number of hydrazone groups is 1. The Labute approximate surface area is 199 Å². The summed E-state index contributed by atoms with van der Waals surface area (Å²) in [4.78, 5) is 12.2. The van der Waals surface area contributed by atoms with E-state index in [1.807, 2.05) is 0 Å². The van der Waals surface area contributed by atoms with Crippen molar-refractivity contribution in [1.29, 1.82) is 0 Å². The predicted molar refractivity (Wildman–Crippen MR) is 125 cm³/mol. The number of hydrogen-bond acceptors (Lipinski definition) is 4. The second kappa shape index (κ2) is 10.7. The summed E-state index contributed by atoms with van der Waals surface area (Å²) in [6.07, 6.45) is 1.48. The molecular weight excluding hydrogens is 482 g/mol. The van der Waals surface area contributed by atoms with Gasteiger partial charge >= 0.3 is 0 Å². The first-order valence-corrected chi connectivity index (χ1v) is 10.4. The number of nitrogens with zero attached hydrogens (tertiary/aromatic N) is 1. The van der Waals surface area contributed by atoms with Crippen molar-refractivity contribution in [2.75, 3.05) is 7.11 Å². The van der Waals surface area contributed by atoms with Gasteiger partial charge in [-0.2, -0.15) is 5.10 Å². The molecule has 5 nitrogen and oxygen atoms in total. The summed E-state index contributed by atoms with van der Waals surface area (Å²) < 4.78 is 11.2. The Balaban J connectivity index is 1.66. The zero-order valence-corrected chi connectivity index (χ0v) is 19.2. The standard InChI is InChI=1S/C22H16Cl4N2O3/c1-30-21-9-13(11-27-28-22(29)14-6-7-18(25)19(26)10-14)5-8-20(21)31-12-15-16(23)3-2-4-17(15)24/h2-11H,12H2,1H3,(H,28,29)/b27-11-. The SMILES string of the molecule is COc1cc(/C=N\NC(=O)c2ccc(Cl)c(Cl)c2)ccc1OCc1c(Cl)cccc1Cl. The van der Waals surface area contributed by atoms with Crippen LogP contribution in [-0.2, 0) is 6.61 Å². The second-order valence-electron chi connectivity index (χ2n) is 6.23. The number of carbonyl (C=O) groups excluding carboxylic acids is 1. The minimum atomic E-state index is -0.418. The van der Waals surface area contributed by atoms with E-state index in [1.54, 1.807) is 48.5 Å². The van der Waals surface area contributed by atoms with Gasteiger partial charge in [0, 0.05) is 21.2 Å². The Morgan fingerprint density at radius 1 is 0.935 bits per heavy atom. The lowest BCUT2D eigenvalue weighted by Crippen LogP contribution is -2.17. The van der Waals surface area contributed by atoms with Gasteiger partial charge in [-0.05, 0) is 54.1 Å². The van der Waals surface area contributed by atoms with Crippen LogP contribution >= 0.6 is 46.4 Å². The van der Waals surface area contributed by atoms with Crippen LogP contribution in [0.1, 0.15) is 21.5 Å². The first-order valence-electron chi connectivity index (χ1n) is 8.91. The average Bonchev–Trinajstić information content (AvgIpc) is 2.75. The van der Waals surface area contributed by atoms with Gasteiger partial charge in [0.2, 0.25) is 0 Å². The number of hydrogen-bond donors (Lipinski definition) is 1. The molecule has 0 spiro atoms. The third-order valence-electron chi connectivity index (χ3n) is 4.18. The lowest BCUT2D eigenvalue weighted by molar-refractivity contribution is 0.0955. The van der Waals surface area contributed by atoms with E-state index < -0.39 is 5.91 Å². The summed E-state index contributed by atoms with van der Waals surface area (Å²) in [5, 5.41) is 5.66. The van der Waals surface area contributed by atoms with Crippen LogP contribution in [0.4, 0.5) is 0 Å². The van der Waals surface area contributed by atoms with E-state index in [2.05, 4.69) is 10.5 Å². The highest BCUT2D eigenvalue weighted by molar-refractivity contribution is 6.42. The summed E-state index contributed by atoms with van der Waals surface area (Å²) in [6.45, 7) is 0.183. The molecule has 9 heteroatoms. The molecule has 0 atom stereocenters. The zero-order chi connectivity index (χ0) is 22.4. The molecule has 0 radical (unpaired) electrons. The minimum absolute atomic E-state index is 0.183. The third kappa shape index (κ3) is 6.05. The summed E-state index contributed by atoms with van der Waals surface area (Å²) in [5.41, 5.74) is 4.14. The molecule has 0 aliphatic carbocycles. The maximum Gasteiger partial charge on any atom is 0.271 e. The van der Waals surface area contributed by atoms with Crippen LogP contribution in [0.25, 0.3) is 0 Å². The highest BCUT2D eigenvalue weighted by Gasteiger charge is 2.10. The van der Waals surface area contributed by atoms with Gasteiger partial charge in [-0.25, -0.2) is 5.43 Å². The quantitative estimate of drug-likeness (QED) is 0.293. The number of methoxy groups -OCH3 is 1. The van der Waals surface area contributed by atoms with Gasteiger partial charge in [0.15, 0.2) is 11.5 Å². The summed E-state index contributed by atoms with van der Waals surface area (Å²) in [7, 11) is 1.53. The van der Waals surface area contributed by atoms with Crippen molar-refractivity contribution >= 4 is 58.5 Å². The first-order chi connectivity index (χ1) is 14.9. The van der Waals surface area contributed by atoms with Crippen LogP contribution in [0.3, 0.4) is 0 Å². The van der Waals surface area contributed by atoms with Gasteiger partial charge in [0.05, 0.1) is 23.4 Å². The van der Waals surface area contributed by atoms with E-state index in [0.29, 0.717) is 43.3 Å². The molecule has 0 unspecified atom stereocenters. The average molecular weight is 498 g/mol. The van der Waals surface area contributed by atoms with Crippen LogP contribution in [0, 0.1) is 0 Å². The molecule has 0 aliphatic rings. The molecule has 1 N–H and O–H groups in total. The number of halogens is 4. The highest BCUT2D eigenvalue weighted by Crippen LogP contribution is 2.31. The molecule has 3 rings (SSSR count). The number of nitrogens with one attached hydrogen (secondary N) is 1. The summed E-state index contributed by atoms with van der Waals surface area (Å²) in [5.74, 6) is 0.580. The Bertz CT molecular complexity index is 1120. The molecule has 0 fully saturated rings. The Kier molecular flexibility index (Phi) is 8.04. The van der Waals surface area contributed by atoms with Crippen molar-refractivity contribution in [2.45, 2.75) is 6.61 Å². The largest absolute Gasteiger partial charge is 0.493 e. The van der Waals surface area contributed by atoms with Crippen molar-refractivity contribution in [1.82, 2.24) is 5.43 Å². The van der Waals surface area contributed by atoms with Crippen molar-refractivity contribution in [2.24, 2.45) is 5.10 Å². The van der Waals surface area contributed by atoms with E-state index >= 15 is 0 Å². The molecule has 0 saturated carbocycles. The zero-order valence-electron chi connectivity index (χ0n) is 16.2. The van der Waals surface area contributed by atoms with E-state index in [0.717, 1.165) is 0 Å². The smallest absolute Gasteiger partial charge is 0.271 e. The van der Waals surface area contributed by atoms with Gasteiger partial charge < -0.3 is 9.47 Å². The van der Waals surface area contributed by atoms with Crippen LogP contribution in [-0.4, -0.2) is 19.2 Å². The normalized spacial score (nSPS) is 10.9. The Morgan fingerprint density at radius 3 is 2.35 bits per heavy atom. The van der Waals surface area contributed by atoms with Gasteiger partial charge in [0.1, 0.15) is 6.61 Å². The minimum Gasteiger partial charge on any atom is -0.493 e. The lowest BCUT2D eigenvalue weighted by atomic mass is 10.2. The van der Waals surface area contributed by atoms with Crippen LogP contribution in [0.2, 0.25) is 20.1 Å². The lowest BCUT2D eigenvalue weighted by Gasteiger charge is -2.13. The molecular formula is C22H16Cl4N2O3. The molecule has 0 heterocycles. The summed E-state index contributed by atoms with van der Waals surface area (Å²) in [6, 6.07) is 15.0. The van der Waals surface area contributed by atoms with Gasteiger partial charge in [-0.15, -0.1) is 0 Å². The Hall–Kier alpha value is -2.44. The number of carbonyl (C=O) groups is 1. The number of ether oxygens (including phenoxy) is 2. The molecule has 0 saturated heterocycles. The van der Waals surface area contributed by atoms with E-state index in [1.165, 1.54) is 19.4 Å². The maximum atomic E-state index is 12.2. The first kappa shape index (κ1) is 23.2. The van der Waals surface area contributed by atoms with Crippen molar-refractivity contribution in [3.8, 4) is 11.5 Å². The molecule has 0 bridgehead atoms. The number of rotatable bonds is 7. The van der Waals surface area contributed by atoms with Gasteiger partial charge in [-0.3, -0.25) is 4.79 Å². The molecule has 0 aromatic heterocycles. The predicted octanol–water partition coefficient (Wildman–Crippen LogP) is 6.65. The molecule has 160 valence electrons. The number of benzene rings is 3. The monoisotopic (exact) mass is 496 g/mol. The van der Waals surface area contributed by atoms with E-state index in [-0.39, 0.29) is 11.6 Å². The molecule has 3 aromatic rings. The van der Waals surface area contributed by atoms with E-state index in [9.17, 15) is 4.79 Å². The molecule has 1 amide bonds. The van der Waals surface area contributed by atoms with Crippen LogP contribution in [0.15, 0.2) is 59.7 Å². The summed E-state index contributed by atoms with van der Waals surface area (Å²) >= 11 is 24.1. The van der Waals surface area contributed by atoms with Crippen molar-refractivity contribution in [3.63, 3.8) is 0 Å². The fourth-order valence-electron chi connectivity index (χ4n) is 2.57. The van der Waals surface area contributed by atoms with Crippen LogP contribution < -0.4 is 14.9 Å².